The van der Waals surface area contributed by atoms with E-state index in [9.17, 15) is 4.79 Å². The van der Waals surface area contributed by atoms with Crippen LogP contribution in [0.3, 0.4) is 0 Å². The fraction of sp³-hybridized carbons (Fsp3) is 0.179. The van der Waals surface area contributed by atoms with Crippen LogP contribution < -0.4 is 10.4 Å². The van der Waals surface area contributed by atoms with E-state index in [1.165, 1.54) is 5.56 Å². The standard InChI is InChI=1S/C28H25N3O3S/c1-17-5-10-22(11-6-17)31-27(20-8-12-23(33-4)13-9-20)29-30-28(31)35-16-21-15-25(32)34-26-19(3)18(2)7-14-24(21)26/h5-15H,16H2,1-4H3. The maximum Gasteiger partial charge on any atom is 0.336 e. The van der Waals surface area contributed by atoms with E-state index in [-0.39, 0.29) is 5.63 Å². The van der Waals surface area contributed by atoms with Gasteiger partial charge in [-0.1, -0.05) is 41.6 Å². The van der Waals surface area contributed by atoms with E-state index in [1.807, 2.05) is 44.2 Å². The number of aryl methyl sites for hydroxylation is 3. The van der Waals surface area contributed by atoms with Gasteiger partial charge < -0.3 is 9.15 Å². The number of benzene rings is 3. The van der Waals surface area contributed by atoms with Crippen LogP contribution in [0, 0.1) is 20.8 Å². The Morgan fingerprint density at radius 1 is 0.943 bits per heavy atom. The number of nitrogens with zero attached hydrogens (tertiary/aromatic N) is 3. The minimum Gasteiger partial charge on any atom is -0.497 e. The van der Waals surface area contributed by atoms with E-state index in [1.54, 1.807) is 24.9 Å². The number of fused-ring (bicyclic) bond motifs is 1. The molecule has 0 N–H and O–H groups in total. The number of rotatable bonds is 6. The predicted molar refractivity (Wildman–Crippen MR) is 140 cm³/mol. The average Bonchev–Trinajstić information content (AvgIpc) is 3.29. The highest BCUT2D eigenvalue weighted by atomic mass is 32.2. The van der Waals surface area contributed by atoms with Crippen molar-refractivity contribution >= 4 is 22.7 Å². The Morgan fingerprint density at radius 3 is 2.40 bits per heavy atom. The Morgan fingerprint density at radius 2 is 1.69 bits per heavy atom. The third kappa shape index (κ3) is 4.47. The summed E-state index contributed by atoms with van der Waals surface area (Å²) in [5.74, 6) is 2.07. The van der Waals surface area contributed by atoms with Crippen molar-refractivity contribution in [2.75, 3.05) is 7.11 Å². The van der Waals surface area contributed by atoms with E-state index in [0.29, 0.717) is 11.3 Å². The molecule has 0 bridgehead atoms. The molecule has 7 heteroatoms. The molecule has 0 aliphatic heterocycles. The summed E-state index contributed by atoms with van der Waals surface area (Å²) in [6.45, 7) is 6.05. The van der Waals surface area contributed by atoms with Crippen LogP contribution in [0.1, 0.15) is 22.3 Å². The lowest BCUT2D eigenvalue weighted by Gasteiger charge is -2.12. The zero-order chi connectivity index (χ0) is 24.5. The molecule has 35 heavy (non-hydrogen) atoms. The van der Waals surface area contributed by atoms with Gasteiger partial charge in [0.2, 0.25) is 0 Å². The van der Waals surface area contributed by atoms with Gasteiger partial charge in [0.15, 0.2) is 11.0 Å². The molecular weight excluding hydrogens is 458 g/mol. The lowest BCUT2D eigenvalue weighted by molar-refractivity contribution is 0.415. The highest BCUT2D eigenvalue weighted by molar-refractivity contribution is 7.98. The lowest BCUT2D eigenvalue weighted by Crippen LogP contribution is -2.03. The molecule has 176 valence electrons. The molecule has 0 saturated carbocycles. The summed E-state index contributed by atoms with van der Waals surface area (Å²) in [5.41, 5.74) is 6.36. The van der Waals surface area contributed by atoms with Crippen LogP contribution in [0.5, 0.6) is 5.75 Å². The maximum atomic E-state index is 12.3. The lowest BCUT2D eigenvalue weighted by atomic mass is 10.0. The van der Waals surface area contributed by atoms with Crippen LogP contribution in [-0.4, -0.2) is 21.9 Å². The van der Waals surface area contributed by atoms with Crippen molar-refractivity contribution in [3.63, 3.8) is 0 Å². The second-order valence-corrected chi connectivity index (χ2v) is 9.41. The number of ether oxygens (including phenoxy) is 1. The van der Waals surface area contributed by atoms with Gasteiger partial charge in [-0.3, -0.25) is 4.57 Å². The smallest absolute Gasteiger partial charge is 0.336 e. The van der Waals surface area contributed by atoms with Crippen molar-refractivity contribution in [1.29, 1.82) is 0 Å². The van der Waals surface area contributed by atoms with Gasteiger partial charge in [0.1, 0.15) is 11.3 Å². The van der Waals surface area contributed by atoms with Gasteiger partial charge >= 0.3 is 5.63 Å². The molecule has 2 aromatic heterocycles. The fourth-order valence-electron chi connectivity index (χ4n) is 4.00. The first-order valence-electron chi connectivity index (χ1n) is 11.3. The Bertz CT molecular complexity index is 1570. The molecule has 0 radical (unpaired) electrons. The van der Waals surface area contributed by atoms with Crippen LogP contribution in [0.4, 0.5) is 0 Å². The Kier molecular flexibility index (Phi) is 6.17. The zero-order valence-electron chi connectivity index (χ0n) is 20.0. The highest BCUT2D eigenvalue weighted by Gasteiger charge is 2.18. The molecule has 0 aliphatic rings. The predicted octanol–water partition coefficient (Wildman–Crippen LogP) is 6.27. The van der Waals surface area contributed by atoms with Gasteiger partial charge in [0, 0.05) is 28.5 Å². The van der Waals surface area contributed by atoms with Gasteiger partial charge in [-0.15, -0.1) is 10.2 Å². The van der Waals surface area contributed by atoms with E-state index in [0.717, 1.165) is 50.1 Å². The molecule has 5 aromatic rings. The van der Waals surface area contributed by atoms with Crippen LogP contribution in [-0.2, 0) is 5.75 Å². The topological polar surface area (TPSA) is 70.2 Å². The summed E-state index contributed by atoms with van der Waals surface area (Å²) in [4.78, 5) is 12.3. The second kappa shape index (κ2) is 9.43. The summed E-state index contributed by atoms with van der Waals surface area (Å²) in [6, 6.07) is 21.7. The monoisotopic (exact) mass is 483 g/mol. The molecule has 6 nitrogen and oxygen atoms in total. The van der Waals surface area contributed by atoms with Crippen molar-refractivity contribution in [3.8, 4) is 22.8 Å². The van der Waals surface area contributed by atoms with Crippen molar-refractivity contribution in [2.24, 2.45) is 0 Å². The van der Waals surface area contributed by atoms with E-state index < -0.39 is 0 Å². The number of hydrogen-bond acceptors (Lipinski definition) is 6. The summed E-state index contributed by atoms with van der Waals surface area (Å²) >= 11 is 1.54. The Labute approximate surface area is 207 Å². The highest BCUT2D eigenvalue weighted by Crippen LogP contribution is 2.32. The molecule has 0 unspecified atom stereocenters. The molecule has 3 aromatic carbocycles. The number of thioether (sulfide) groups is 1. The molecule has 2 heterocycles. The van der Waals surface area contributed by atoms with Gasteiger partial charge in [-0.25, -0.2) is 4.79 Å². The molecule has 0 atom stereocenters. The van der Waals surface area contributed by atoms with Crippen LogP contribution in [0.25, 0.3) is 28.0 Å². The first kappa shape index (κ1) is 22.9. The first-order chi connectivity index (χ1) is 16.9. The first-order valence-corrected chi connectivity index (χ1v) is 12.3. The third-order valence-electron chi connectivity index (χ3n) is 6.15. The third-order valence-corrected chi connectivity index (χ3v) is 7.13. The van der Waals surface area contributed by atoms with Crippen LogP contribution in [0.15, 0.2) is 81.1 Å². The van der Waals surface area contributed by atoms with Gasteiger partial charge in [0.05, 0.1) is 7.11 Å². The van der Waals surface area contributed by atoms with E-state index >= 15 is 0 Å². The van der Waals surface area contributed by atoms with Gasteiger partial charge in [0.25, 0.3) is 0 Å². The molecule has 0 saturated heterocycles. The number of aromatic nitrogens is 3. The SMILES string of the molecule is COc1ccc(-c2nnc(SCc3cc(=O)oc4c(C)c(C)ccc34)n2-c2ccc(C)cc2)cc1. The molecule has 0 fully saturated rings. The summed E-state index contributed by atoms with van der Waals surface area (Å²) in [6.07, 6.45) is 0. The fourth-order valence-corrected chi connectivity index (χ4v) is 4.95. The van der Waals surface area contributed by atoms with Crippen LogP contribution >= 0.6 is 11.8 Å². The van der Waals surface area contributed by atoms with E-state index in [2.05, 4.69) is 52.0 Å². The van der Waals surface area contributed by atoms with Gasteiger partial charge in [-0.05, 0) is 73.9 Å². The minimum absolute atomic E-state index is 0.347. The largest absolute Gasteiger partial charge is 0.497 e. The molecule has 0 spiro atoms. The Hall–Kier alpha value is -3.84. The number of methoxy groups -OCH3 is 1. The Balaban J connectivity index is 1.57. The minimum atomic E-state index is -0.347. The van der Waals surface area contributed by atoms with E-state index in [4.69, 9.17) is 9.15 Å². The zero-order valence-corrected chi connectivity index (χ0v) is 20.8. The van der Waals surface area contributed by atoms with Crippen molar-refractivity contribution in [2.45, 2.75) is 31.7 Å². The van der Waals surface area contributed by atoms with Gasteiger partial charge in [-0.2, -0.15) is 0 Å². The maximum absolute atomic E-state index is 12.3. The van der Waals surface area contributed by atoms with Crippen molar-refractivity contribution < 1.29 is 9.15 Å². The second-order valence-electron chi connectivity index (χ2n) is 8.47. The summed E-state index contributed by atoms with van der Waals surface area (Å²) in [5, 5.41) is 10.7. The van der Waals surface area contributed by atoms with Crippen molar-refractivity contribution in [1.82, 2.24) is 14.8 Å². The normalized spacial score (nSPS) is 11.2. The number of hydrogen-bond donors (Lipinski definition) is 0. The quantitative estimate of drug-likeness (QED) is 0.209. The van der Waals surface area contributed by atoms with Crippen LogP contribution in [0.2, 0.25) is 0 Å². The van der Waals surface area contributed by atoms with Crippen molar-refractivity contribution in [3.05, 3.63) is 99.4 Å². The molecular formula is C28H25N3O3S. The molecule has 0 amide bonds. The molecule has 0 aliphatic carbocycles. The molecule has 5 rings (SSSR count). The summed E-state index contributed by atoms with van der Waals surface area (Å²) in [7, 11) is 1.65. The summed E-state index contributed by atoms with van der Waals surface area (Å²) < 4.78 is 12.9. The average molecular weight is 484 g/mol.